The number of rotatable bonds is 7. The molecule has 0 unspecified atom stereocenters. The van der Waals surface area contributed by atoms with Gasteiger partial charge in [-0.05, 0) is 24.1 Å². The Morgan fingerprint density at radius 2 is 2.08 bits per heavy atom. The Balaban J connectivity index is 1.97. The summed E-state index contributed by atoms with van der Waals surface area (Å²) in [7, 11) is 0. The molecule has 0 saturated heterocycles. The number of hydrazone groups is 1. The second kappa shape index (κ2) is 8.66. The Labute approximate surface area is 138 Å². The first kappa shape index (κ1) is 17.5. The summed E-state index contributed by atoms with van der Waals surface area (Å²) in [5, 5.41) is 3.55. The third-order valence-electron chi connectivity index (χ3n) is 3.09. The Morgan fingerprint density at radius 1 is 1.33 bits per heavy atom. The number of hydrogen-bond acceptors (Lipinski definition) is 6. The van der Waals surface area contributed by atoms with Gasteiger partial charge >= 0.3 is 6.01 Å². The van der Waals surface area contributed by atoms with Crippen LogP contribution in [0.1, 0.15) is 24.5 Å². The second-order valence-corrected chi connectivity index (χ2v) is 4.79. The van der Waals surface area contributed by atoms with Gasteiger partial charge in [-0.3, -0.25) is 4.99 Å². The molecule has 0 aliphatic heterocycles. The summed E-state index contributed by atoms with van der Waals surface area (Å²) in [6.45, 7) is 2.01. The van der Waals surface area contributed by atoms with Crippen molar-refractivity contribution in [3.05, 3.63) is 47.8 Å². The maximum absolute atomic E-state index is 12.6. The van der Waals surface area contributed by atoms with Gasteiger partial charge in [-0.25, -0.2) is 18.7 Å². The van der Waals surface area contributed by atoms with Crippen molar-refractivity contribution in [1.82, 2.24) is 9.97 Å². The summed E-state index contributed by atoms with van der Waals surface area (Å²) >= 11 is 0. The topological polar surface area (TPSA) is 85.8 Å². The van der Waals surface area contributed by atoms with Gasteiger partial charge in [0.05, 0.1) is 11.9 Å². The molecule has 0 spiro atoms. The van der Waals surface area contributed by atoms with Crippen molar-refractivity contribution in [2.24, 2.45) is 15.9 Å². The van der Waals surface area contributed by atoms with Crippen LogP contribution in [0, 0.1) is 0 Å². The molecule has 0 atom stereocenters. The van der Waals surface area contributed by atoms with Crippen LogP contribution in [0.4, 0.5) is 14.5 Å². The molecule has 0 fully saturated rings. The fraction of sp³-hybridized carbons (Fsp3) is 0.250. The molecule has 6 nitrogen and oxygen atoms in total. The molecular weight excluding hydrogens is 316 g/mol. The maximum atomic E-state index is 12.6. The van der Waals surface area contributed by atoms with Crippen LogP contribution in [0.25, 0.3) is 0 Å². The zero-order chi connectivity index (χ0) is 17.4. The molecule has 24 heavy (non-hydrogen) atoms. The summed E-state index contributed by atoms with van der Waals surface area (Å²) in [6.07, 6.45) is 2.98. The van der Waals surface area contributed by atoms with Crippen LogP contribution in [-0.4, -0.2) is 28.5 Å². The number of hydrogen-bond donors (Lipinski definition) is 1. The zero-order valence-corrected chi connectivity index (χ0v) is 13.1. The highest BCUT2D eigenvalue weighted by Gasteiger charge is 2.06. The third kappa shape index (κ3) is 5.08. The van der Waals surface area contributed by atoms with Crippen molar-refractivity contribution in [2.75, 3.05) is 6.61 Å². The fourth-order valence-corrected chi connectivity index (χ4v) is 1.74. The van der Waals surface area contributed by atoms with Crippen molar-refractivity contribution in [3.63, 3.8) is 0 Å². The summed E-state index contributed by atoms with van der Waals surface area (Å²) in [5.74, 6) is 5.28. The second-order valence-electron chi connectivity index (χ2n) is 4.79. The van der Waals surface area contributed by atoms with E-state index in [0.717, 1.165) is 12.0 Å². The van der Waals surface area contributed by atoms with Crippen molar-refractivity contribution in [1.29, 1.82) is 0 Å². The predicted molar refractivity (Wildman–Crippen MR) is 88.1 cm³/mol. The van der Waals surface area contributed by atoms with Crippen molar-refractivity contribution in [2.45, 2.75) is 19.8 Å². The minimum Gasteiger partial charge on any atom is -0.457 e. The van der Waals surface area contributed by atoms with Gasteiger partial charge in [0.15, 0.2) is 0 Å². The van der Waals surface area contributed by atoms with Gasteiger partial charge in [-0.15, -0.1) is 0 Å². The van der Waals surface area contributed by atoms with E-state index in [1.165, 1.54) is 24.4 Å². The van der Waals surface area contributed by atoms with E-state index >= 15 is 0 Å². The molecule has 0 aliphatic rings. The molecule has 1 heterocycles. The number of aryl methyl sites for hydroxylation is 1. The molecule has 0 bridgehead atoms. The third-order valence-corrected chi connectivity index (χ3v) is 3.09. The normalized spacial score (nSPS) is 12.1. The van der Waals surface area contributed by atoms with Crippen LogP contribution in [0.2, 0.25) is 0 Å². The van der Waals surface area contributed by atoms with Crippen LogP contribution in [0.15, 0.2) is 46.8 Å². The number of nitrogens with two attached hydrogens (primary N) is 1. The molecule has 1 aromatic heterocycles. The van der Waals surface area contributed by atoms with Gasteiger partial charge in [0.25, 0.3) is 6.43 Å². The number of aromatic nitrogens is 2. The lowest BCUT2D eigenvalue weighted by atomic mass is 10.2. The van der Waals surface area contributed by atoms with E-state index in [1.807, 2.05) is 6.92 Å². The van der Waals surface area contributed by atoms with Crippen LogP contribution < -0.4 is 10.6 Å². The number of alkyl halides is 2. The number of halogens is 2. The molecule has 2 aromatic rings. The number of aliphatic imine (C=N–C) groups is 1. The Bertz CT molecular complexity index is 717. The van der Waals surface area contributed by atoms with Crippen molar-refractivity contribution < 1.29 is 13.5 Å². The molecule has 0 amide bonds. The van der Waals surface area contributed by atoms with E-state index in [1.54, 1.807) is 18.5 Å². The number of ether oxygens (including phenoxy) is 1. The summed E-state index contributed by atoms with van der Waals surface area (Å²) < 4.78 is 30.7. The van der Waals surface area contributed by atoms with E-state index in [2.05, 4.69) is 20.1 Å². The van der Waals surface area contributed by atoms with Crippen LogP contribution in [-0.2, 0) is 6.42 Å². The SMILES string of the molecule is CCc1cnc(OCC(C=Nc2cccc(C(F)F)c2)=NN)nc1. The van der Waals surface area contributed by atoms with Crippen LogP contribution >= 0.6 is 0 Å². The molecule has 8 heteroatoms. The minimum atomic E-state index is -2.55. The summed E-state index contributed by atoms with van der Waals surface area (Å²) in [5.41, 5.74) is 1.59. The molecule has 0 radical (unpaired) electrons. The molecule has 126 valence electrons. The van der Waals surface area contributed by atoms with Gasteiger partial charge in [0.2, 0.25) is 0 Å². The lowest BCUT2D eigenvalue weighted by Gasteiger charge is -2.04. The van der Waals surface area contributed by atoms with Gasteiger partial charge < -0.3 is 10.6 Å². The summed E-state index contributed by atoms with van der Waals surface area (Å²) in [6, 6.07) is 5.93. The van der Waals surface area contributed by atoms with E-state index in [9.17, 15) is 8.78 Å². The summed E-state index contributed by atoms with van der Waals surface area (Å²) in [4.78, 5) is 12.2. The molecule has 0 saturated carbocycles. The van der Waals surface area contributed by atoms with E-state index in [-0.39, 0.29) is 18.2 Å². The fourth-order valence-electron chi connectivity index (χ4n) is 1.74. The smallest absolute Gasteiger partial charge is 0.316 e. The molecule has 0 aliphatic carbocycles. The molecule has 2 N–H and O–H groups in total. The van der Waals surface area contributed by atoms with Gasteiger partial charge in [-0.2, -0.15) is 5.10 Å². The molecule has 2 rings (SSSR count). The Morgan fingerprint density at radius 3 is 2.71 bits per heavy atom. The number of nitrogens with zero attached hydrogens (tertiary/aromatic N) is 4. The lowest BCUT2D eigenvalue weighted by Crippen LogP contribution is -2.16. The minimum absolute atomic E-state index is 0.0139. The molecular formula is C16H17F2N5O. The quantitative estimate of drug-likeness (QED) is 0.479. The highest BCUT2D eigenvalue weighted by atomic mass is 19.3. The predicted octanol–water partition coefficient (Wildman–Crippen LogP) is 3.07. The van der Waals surface area contributed by atoms with Crippen molar-refractivity contribution >= 4 is 17.6 Å². The maximum Gasteiger partial charge on any atom is 0.316 e. The number of benzene rings is 1. The van der Waals surface area contributed by atoms with E-state index in [0.29, 0.717) is 11.4 Å². The first-order valence-electron chi connectivity index (χ1n) is 7.25. The standard InChI is InChI=1S/C16H17F2N5O/c1-2-11-7-21-16(22-8-11)24-10-14(23-19)9-20-13-5-3-4-12(6-13)15(17)18/h3-9,15H,2,10,19H2,1H3. The van der Waals surface area contributed by atoms with Crippen LogP contribution in [0.3, 0.4) is 0 Å². The first-order chi connectivity index (χ1) is 11.6. The molecule has 1 aromatic carbocycles. The van der Waals surface area contributed by atoms with Gasteiger partial charge in [0, 0.05) is 18.0 Å². The van der Waals surface area contributed by atoms with E-state index in [4.69, 9.17) is 10.6 Å². The Hall–Kier alpha value is -2.90. The largest absolute Gasteiger partial charge is 0.457 e. The van der Waals surface area contributed by atoms with Gasteiger partial charge in [-0.1, -0.05) is 19.1 Å². The monoisotopic (exact) mass is 333 g/mol. The lowest BCUT2D eigenvalue weighted by molar-refractivity contribution is 0.151. The van der Waals surface area contributed by atoms with Crippen molar-refractivity contribution in [3.8, 4) is 6.01 Å². The zero-order valence-electron chi connectivity index (χ0n) is 13.1. The van der Waals surface area contributed by atoms with Gasteiger partial charge in [0.1, 0.15) is 12.3 Å². The first-order valence-corrected chi connectivity index (χ1v) is 7.25. The highest BCUT2D eigenvalue weighted by Crippen LogP contribution is 2.22. The average molecular weight is 333 g/mol. The highest BCUT2D eigenvalue weighted by molar-refractivity contribution is 6.31. The van der Waals surface area contributed by atoms with Crippen LogP contribution in [0.5, 0.6) is 6.01 Å². The average Bonchev–Trinajstić information content (AvgIpc) is 2.62. The van der Waals surface area contributed by atoms with E-state index < -0.39 is 6.43 Å². The Kier molecular flexibility index (Phi) is 6.30.